The fourth-order valence-corrected chi connectivity index (χ4v) is 4.11. The summed E-state index contributed by atoms with van der Waals surface area (Å²) in [6.07, 6.45) is 6.13. The number of nitrogen functional groups attached to an aromatic ring is 1. The largest absolute Gasteiger partial charge is 0.399 e. The molecule has 18 heavy (non-hydrogen) atoms. The molecule has 3 nitrogen and oxygen atoms in total. The van der Waals surface area contributed by atoms with Gasteiger partial charge in [0.2, 0.25) is 0 Å². The van der Waals surface area contributed by atoms with E-state index in [1.54, 1.807) is 0 Å². The van der Waals surface area contributed by atoms with Crippen molar-refractivity contribution in [1.82, 2.24) is 9.55 Å². The van der Waals surface area contributed by atoms with Crippen LogP contribution in [0.15, 0.2) is 18.2 Å². The summed E-state index contributed by atoms with van der Waals surface area (Å²) in [5.74, 6) is 1.11. The Kier molecular flexibility index (Phi) is 2.98. The number of imidazole rings is 1. The zero-order valence-corrected chi connectivity index (χ0v) is 11.7. The van der Waals surface area contributed by atoms with E-state index in [4.69, 9.17) is 5.73 Å². The minimum atomic E-state index is 0.591. The third kappa shape index (κ3) is 1.79. The number of hydrogen-bond donors (Lipinski definition) is 1. The molecule has 1 aliphatic rings. The lowest BCUT2D eigenvalue weighted by atomic mass is 10.2. The molecule has 0 bridgehead atoms. The summed E-state index contributed by atoms with van der Waals surface area (Å²) in [6, 6.07) is 6.65. The highest BCUT2D eigenvalue weighted by Gasteiger charge is 2.30. The van der Waals surface area contributed by atoms with Crippen molar-refractivity contribution >= 4 is 28.5 Å². The Morgan fingerprint density at radius 2 is 2.22 bits per heavy atom. The summed E-state index contributed by atoms with van der Waals surface area (Å²) in [4.78, 5) is 4.66. The molecule has 1 fully saturated rings. The third-order valence-corrected chi connectivity index (χ3v) is 5.10. The van der Waals surface area contributed by atoms with E-state index in [2.05, 4.69) is 28.8 Å². The van der Waals surface area contributed by atoms with Gasteiger partial charge in [0.05, 0.1) is 11.0 Å². The fraction of sp³-hybridized carbons (Fsp3) is 0.500. The van der Waals surface area contributed by atoms with E-state index in [0.29, 0.717) is 6.04 Å². The average molecular weight is 261 g/mol. The number of thioether (sulfide) groups is 1. The Labute approximate surface area is 112 Å². The van der Waals surface area contributed by atoms with Gasteiger partial charge in [0, 0.05) is 17.0 Å². The van der Waals surface area contributed by atoms with Crippen molar-refractivity contribution in [3.8, 4) is 0 Å². The topological polar surface area (TPSA) is 43.8 Å². The summed E-state index contributed by atoms with van der Waals surface area (Å²) in [5, 5.41) is 0.721. The molecule has 1 saturated carbocycles. The van der Waals surface area contributed by atoms with Crippen LogP contribution < -0.4 is 5.73 Å². The van der Waals surface area contributed by atoms with Gasteiger partial charge in [-0.05, 0) is 44.2 Å². The van der Waals surface area contributed by atoms with Gasteiger partial charge in [0.15, 0.2) is 0 Å². The van der Waals surface area contributed by atoms with Crippen LogP contribution in [0.2, 0.25) is 0 Å². The second kappa shape index (κ2) is 4.50. The molecule has 0 radical (unpaired) electrons. The van der Waals surface area contributed by atoms with Crippen molar-refractivity contribution < 1.29 is 0 Å². The standard InChI is InChI=1S/C14H19N3S/c1-9-16-11-8-10(15)6-7-12(11)17(9)13-4-3-5-14(13)18-2/h6-8,13-14H,3-5,15H2,1-2H3. The lowest BCUT2D eigenvalue weighted by Gasteiger charge is -2.21. The highest BCUT2D eigenvalue weighted by Crippen LogP contribution is 2.39. The number of benzene rings is 1. The second-order valence-electron chi connectivity index (χ2n) is 5.05. The number of hydrogen-bond acceptors (Lipinski definition) is 3. The van der Waals surface area contributed by atoms with E-state index in [1.807, 2.05) is 23.9 Å². The van der Waals surface area contributed by atoms with E-state index < -0.39 is 0 Å². The zero-order valence-electron chi connectivity index (χ0n) is 10.9. The number of nitrogens with zero attached hydrogens (tertiary/aromatic N) is 2. The van der Waals surface area contributed by atoms with Crippen molar-refractivity contribution in [1.29, 1.82) is 0 Å². The average Bonchev–Trinajstić information content (AvgIpc) is 2.90. The molecule has 4 heteroatoms. The molecule has 2 aromatic rings. The van der Waals surface area contributed by atoms with Crippen LogP contribution in [0.1, 0.15) is 31.1 Å². The fourth-order valence-electron chi connectivity index (χ4n) is 3.13. The Morgan fingerprint density at radius 3 is 3.00 bits per heavy atom. The van der Waals surface area contributed by atoms with E-state index in [0.717, 1.165) is 22.3 Å². The molecule has 2 atom stereocenters. The first-order valence-electron chi connectivity index (χ1n) is 6.47. The van der Waals surface area contributed by atoms with Gasteiger partial charge in [0.25, 0.3) is 0 Å². The predicted molar refractivity (Wildman–Crippen MR) is 79.1 cm³/mol. The lowest BCUT2D eigenvalue weighted by Crippen LogP contribution is -2.16. The molecule has 0 amide bonds. The SMILES string of the molecule is CSC1CCCC1n1c(C)nc2cc(N)ccc21. The summed E-state index contributed by atoms with van der Waals surface area (Å²) in [7, 11) is 0. The van der Waals surface area contributed by atoms with Crippen molar-refractivity contribution in [2.24, 2.45) is 0 Å². The highest BCUT2D eigenvalue weighted by atomic mass is 32.2. The number of aromatic nitrogens is 2. The van der Waals surface area contributed by atoms with Crippen LogP contribution in [-0.2, 0) is 0 Å². The highest BCUT2D eigenvalue weighted by molar-refractivity contribution is 7.99. The number of fused-ring (bicyclic) bond motifs is 1. The number of aryl methyl sites for hydroxylation is 1. The molecule has 96 valence electrons. The molecule has 1 aromatic carbocycles. The van der Waals surface area contributed by atoms with Crippen LogP contribution in [0.3, 0.4) is 0 Å². The van der Waals surface area contributed by atoms with Crippen molar-refractivity contribution in [3.63, 3.8) is 0 Å². The molecule has 2 unspecified atom stereocenters. The van der Waals surface area contributed by atoms with Gasteiger partial charge in [-0.15, -0.1) is 0 Å². The maximum Gasteiger partial charge on any atom is 0.107 e. The van der Waals surface area contributed by atoms with Crippen molar-refractivity contribution in [2.45, 2.75) is 37.5 Å². The minimum Gasteiger partial charge on any atom is -0.399 e. The predicted octanol–water partition coefficient (Wildman–Crippen LogP) is 3.38. The summed E-state index contributed by atoms with van der Waals surface area (Å²) >= 11 is 1.99. The zero-order chi connectivity index (χ0) is 12.7. The lowest BCUT2D eigenvalue weighted by molar-refractivity contribution is 0.530. The molecule has 0 aliphatic heterocycles. The molecular weight excluding hydrogens is 242 g/mol. The van der Waals surface area contributed by atoms with E-state index >= 15 is 0 Å². The van der Waals surface area contributed by atoms with Crippen LogP contribution in [0.5, 0.6) is 0 Å². The van der Waals surface area contributed by atoms with Crippen LogP contribution in [-0.4, -0.2) is 21.1 Å². The van der Waals surface area contributed by atoms with Crippen molar-refractivity contribution in [2.75, 3.05) is 12.0 Å². The Morgan fingerprint density at radius 1 is 1.39 bits per heavy atom. The van der Waals surface area contributed by atoms with Gasteiger partial charge in [-0.3, -0.25) is 0 Å². The molecule has 1 aliphatic carbocycles. The second-order valence-corrected chi connectivity index (χ2v) is 6.13. The monoisotopic (exact) mass is 261 g/mol. The van der Waals surface area contributed by atoms with Crippen molar-refractivity contribution in [3.05, 3.63) is 24.0 Å². The Balaban J connectivity index is 2.13. The van der Waals surface area contributed by atoms with E-state index in [9.17, 15) is 0 Å². The molecule has 1 heterocycles. The van der Waals surface area contributed by atoms with Gasteiger partial charge in [-0.1, -0.05) is 6.42 Å². The van der Waals surface area contributed by atoms with Crippen LogP contribution >= 0.6 is 11.8 Å². The van der Waals surface area contributed by atoms with Crippen LogP contribution in [0.25, 0.3) is 11.0 Å². The maximum atomic E-state index is 5.84. The Hall–Kier alpha value is -1.16. The molecule has 0 saturated heterocycles. The molecule has 2 N–H and O–H groups in total. The molecule has 1 aromatic heterocycles. The molecular formula is C14H19N3S. The molecule has 0 spiro atoms. The smallest absolute Gasteiger partial charge is 0.107 e. The first-order valence-corrected chi connectivity index (χ1v) is 7.76. The normalized spacial score (nSPS) is 23.9. The summed E-state index contributed by atoms with van der Waals surface area (Å²) < 4.78 is 2.42. The van der Waals surface area contributed by atoms with Gasteiger partial charge >= 0.3 is 0 Å². The van der Waals surface area contributed by atoms with Gasteiger partial charge in [-0.2, -0.15) is 11.8 Å². The number of nitrogens with two attached hydrogens (primary N) is 1. The van der Waals surface area contributed by atoms with Gasteiger partial charge < -0.3 is 10.3 Å². The van der Waals surface area contributed by atoms with Crippen LogP contribution in [0, 0.1) is 6.92 Å². The van der Waals surface area contributed by atoms with E-state index in [-0.39, 0.29) is 0 Å². The maximum absolute atomic E-state index is 5.84. The quantitative estimate of drug-likeness (QED) is 0.843. The number of anilines is 1. The van der Waals surface area contributed by atoms with Crippen LogP contribution in [0.4, 0.5) is 5.69 Å². The molecule has 3 rings (SSSR count). The Bertz CT molecular complexity index is 576. The van der Waals surface area contributed by atoms with Gasteiger partial charge in [-0.25, -0.2) is 4.98 Å². The third-order valence-electron chi connectivity index (χ3n) is 3.94. The summed E-state index contributed by atoms with van der Waals surface area (Å²) in [5.41, 5.74) is 8.88. The van der Waals surface area contributed by atoms with Gasteiger partial charge in [0.1, 0.15) is 5.82 Å². The first kappa shape index (κ1) is 11.9. The first-order chi connectivity index (χ1) is 8.70. The summed E-state index contributed by atoms with van der Waals surface area (Å²) in [6.45, 7) is 2.10. The minimum absolute atomic E-state index is 0.591. The van der Waals surface area contributed by atoms with E-state index in [1.165, 1.54) is 24.8 Å². The number of rotatable bonds is 2.